The molecule has 0 radical (unpaired) electrons. The van der Waals surface area contributed by atoms with E-state index in [-0.39, 0.29) is 19.6 Å². The Labute approximate surface area is 184 Å². The molecule has 0 saturated heterocycles. The first kappa shape index (κ1) is 22.9. The lowest BCUT2D eigenvalue weighted by molar-refractivity contribution is -0.174. The molecule has 0 amide bonds. The summed E-state index contributed by atoms with van der Waals surface area (Å²) in [4.78, 5) is 26.6. The van der Waals surface area contributed by atoms with Gasteiger partial charge in [0, 0.05) is 5.41 Å². The summed E-state index contributed by atoms with van der Waals surface area (Å²) in [5.74, 6) is -0.228. The Bertz CT molecular complexity index is 900. The van der Waals surface area contributed by atoms with E-state index in [0.29, 0.717) is 12.8 Å². The van der Waals surface area contributed by atoms with Crippen molar-refractivity contribution in [3.63, 3.8) is 0 Å². The van der Waals surface area contributed by atoms with Gasteiger partial charge < -0.3 is 14.2 Å². The van der Waals surface area contributed by atoms with E-state index in [0.717, 1.165) is 23.3 Å². The first-order valence-electron chi connectivity index (χ1n) is 11.0. The van der Waals surface area contributed by atoms with Crippen LogP contribution in [0.2, 0.25) is 0 Å². The van der Waals surface area contributed by atoms with Gasteiger partial charge in [-0.1, -0.05) is 43.3 Å². The molecule has 0 bridgehead atoms. The van der Waals surface area contributed by atoms with Gasteiger partial charge in [-0.15, -0.1) is 0 Å². The number of hydrogen-bond donors (Lipinski definition) is 0. The largest absolute Gasteiger partial charge is 0.497 e. The SMILES string of the molecule is CCOC(=O)C1(C(=O)OCC)CCCc2ccccc2C(C)(c2ccc(OC)cc2)C1. The molecule has 1 aliphatic rings. The Kier molecular flexibility index (Phi) is 7.04. The zero-order valence-corrected chi connectivity index (χ0v) is 18.9. The number of methoxy groups -OCH3 is 1. The van der Waals surface area contributed by atoms with Crippen LogP contribution in [0.25, 0.3) is 0 Å². The van der Waals surface area contributed by atoms with Crippen molar-refractivity contribution in [1.82, 2.24) is 0 Å². The van der Waals surface area contributed by atoms with Crippen LogP contribution in [0.1, 0.15) is 56.7 Å². The van der Waals surface area contributed by atoms with Gasteiger partial charge in [-0.25, -0.2) is 0 Å². The van der Waals surface area contributed by atoms with Crippen molar-refractivity contribution < 1.29 is 23.8 Å². The van der Waals surface area contributed by atoms with Gasteiger partial charge in [-0.3, -0.25) is 9.59 Å². The lowest BCUT2D eigenvalue weighted by atomic mass is 9.61. The maximum Gasteiger partial charge on any atom is 0.323 e. The second kappa shape index (κ2) is 9.54. The van der Waals surface area contributed by atoms with Crippen molar-refractivity contribution >= 4 is 11.9 Å². The van der Waals surface area contributed by atoms with Crippen molar-refractivity contribution in [3.8, 4) is 5.75 Å². The summed E-state index contributed by atoms with van der Waals surface area (Å²) in [5.41, 5.74) is 1.43. The van der Waals surface area contributed by atoms with E-state index in [1.54, 1.807) is 21.0 Å². The van der Waals surface area contributed by atoms with Crippen molar-refractivity contribution in [2.75, 3.05) is 20.3 Å². The molecule has 0 N–H and O–H groups in total. The summed E-state index contributed by atoms with van der Waals surface area (Å²) in [6, 6.07) is 16.1. The molecule has 1 atom stereocenters. The predicted octanol–water partition coefficient (Wildman–Crippen LogP) is 4.84. The number of esters is 2. The fourth-order valence-corrected chi connectivity index (χ4v) is 4.83. The monoisotopic (exact) mass is 424 g/mol. The molecule has 0 aromatic heterocycles. The minimum Gasteiger partial charge on any atom is -0.497 e. The van der Waals surface area contributed by atoms with Crippen LogP contribution in [0.15, 0.2) is 48.5 Å². The third-order valence-corrected chi connectivity index (χ3v) is 6.38. The molecule has 2 aromatic carbocycles. The molecule has 0 aliphatic heterocycles. The molecule has 3 rings (SSSR count). The summed E-state index contributed by atoms with van der Waals surface area (Å²) in [5, 5.41) is 0. The topological polar surface area (TPSA) is 61.8 Å². The molecule has 0 spiro atoms. The van der Waals surface area contributed by atoms with Crippen LogP contribution in [0, 0.1) is 5.41 Å². The van der Waals surface area contributed by atoms with E-state index >= 15 is 0 Å². The smallest absolute Gasteiger partial charge is 0.323 e. The van der Waals surface area contributed by atoms with E-state index in [9.17, 15) is 9.59 Å². The lowest BCUT2D eigenvalue weighted by Gasteiger charge is -2.42. The summed E-state index contributed by atoms with van der Waals surface area (Å²) in [6.07, 6.45) is 2.15. The number of carbonyl (C=O) groups excluding carboxylic acids is 2. The molecule has 5 heteroatoms. The Morgan fingerprint density at radius 3 is 2.13 bits per heavy atom. The molecule has 0 fully saturated rings. The Balaban J connectivity index is 2.21. The second-order valence-corrected chi connectivity index (χ2v) is 8.27. The average Bonchev–Trinajstić information content (AvgIpc) is 2.77. The highest BCUT2D eigenvalue weighted by atomic mass is 16.6. The van der Waals surface area contributed by atoms with E-state index < -0.39 is 22.8 Å². The maximum atomic E-state index is 13.3. The molecule has 5 nitrogen and oxygen atoms in total. The van der Waals surface area contributed by atoms with Crippen molar-refractivity contribution in [1.29, 1.82) is 0 Å². The van der Waals surface area contributed by atoms with Gasteiger partial charge in [0.25, 0.3) is 0 Å². The van der Waals surface area contributed by atoms with Gasteiger partial charge in [-0.05, 0) is 68.4 Å². The standard InChI is InChI=1S/C26H32O5/c1-5-30-23(27)26(24(28)31-6-2)17-9-11-19-10-7-8-12-22(19)25(3,18-26)20-13-15-21(29-4)16-14-20/h7-8,10,12-16H,5-6,9,11,17-18H2,1-4H3. The number of benzene rings is 2. The zero-order valence-electron chi connectivity index (χ0n) is 18.9. The summed E-state index contributed by atoms with van der Waals surface area (Å²) in [7, 11) is 1.63. The fourth-order valence-electron chi connectivity index (χ4n) is 4.83. The number of ether oxygens (including phenoxy) is 3. The Morgan fingerprint density at radius 1 is 0.935 bits per heavy atom. The van der Waals surface area contributed by atoms with Gasteiger partial charge in [0.15, 0.2) is 5.41 Å². The number of rotatable bonds is 6. The number of hydrogen-bond acceptors (Lipinski definition) is 5. The highest BCUT2D eigenvalue weighted by Gasteiger charge is 2.54. The summed E-state index contributed by atoms with van der Waals surface area (Å²) >= 11 is 0. The third-order valence-electron chi connectivity index (χ3n) is 6.38. The first-order valence-corrected chi connectivity index (χ1v) is 11.0. The minimum absolute atomic E-state index is 0.218. The van der Waals surface area contributed by atoms with Crippen LogP contribution in [-0.2, 0) is 30.9 Å². The summed E-state index contributed by atoms with van der Waals surface area (Å²) in [6.45, 7) is 6.06. The van der Waals surface area contributed by atoms with E-state index in [2.05, 4.69) is 19.1 Å². The summed E-state index contributed by atoms with van der Waals surface area (Å²) < 4.78 is 16.2. The van der Waals surface area contributed by atoms with E-state index in [1.807, 2.05) is 36.4 Å². The molecular formula is C26H32O5. The predicted molar refractivity (Wildman–Crippen MR) is 119 cm³/mol. The molecule has 2 aromatic rings. The van der Waals surface area contributed by atoms with E-state index in [1.165, 1.54) is 5.56 Å². The van der Waals surface area contributed by atoms with Gasteiger partial charge >= 0.3 is 11.9 Å². The van der Waals surface area contributed by atoms with E-state index in [4.69, 9.17) is 14.2 Å². The van der Waals surface area contributed by atoms with Crippen LogP contribution in [0.5, 0.6) is 5.75 Å². The normalized spacial score (nSPS) is 20.0. The van der Waals surface area contributed by atoms with Crippen molar-refractivity contribution in [3.05, 3.63) is 65.2 Å². The van der Waals surface area contributed by atoms with Gasteiger partial charge in [0.2, 0.25) is 0 Å². The first-order chi connectivity index (χ1) is 14.9. The molecule has 0 saturated carbocycles. The molecule has 166 valence electrons. The third kappa shape index (κ3) is 4.32. The van der Waals surface area contributed by atoms with Gasteiger partial charge in [0.1, 0.15) is 5.75 Å². The van der Waals surface area contributed by atoms with Gasteiger partial charge in [0.05, 0.1) is 20.3 Å². The van der Waals surface area contributed by atoms with Crippen molar-refractivity contribution in [2.24, 2.45) is 5.41 Å². The highest BCUT2D eigenvalue weighted by molar-refractivity contribution is 6.00. The molecule has 31 heavy (non-hydrogen) atoms. The van der Waals surface area contributed by atoms with Crippen LogP contribution in [-0.4, -0.2) is 32.3 Å². The molecular weight excluding hydrogens is 392 g/mol. The van der Waals surface area contributed by atoms with Crippen LogP contribution in [0.4, 0.5) is 0 Å². The van der Waals surface area contributed by atoms with Crippen molar-refractivity contribution in [2.45, 2.75) is 51.9 Å². The average molecular weight is 425 g/mol. The zero-order chi connectivity index (χ0) is 22.5. The van der Waals surface area contributed by atoms with Crippen LogP contribution < -0.4 is 4.74 Å². The minimum atomic E-state index is -1.35. The number of aryl methyl sites for hydroxylation is 1. The number of fused-ring (bicyclic) bond motifs is 1. The number of carbonyl (C=O) groups is 2. The van der Waals surface area contributed by atoms with Gasteiger partial charge in [-0.2, -0.15) is 0 Å². The Morgan fingerprint density at radius 2 is 1.55 bits per heavy atom. The van der Waals surface area contributed by atoms with Crippen LogP contribution >= 0.6 is 0 Å². The molecule has 1 aliphatic carbocycles. The molecule has 1 unspecified atom stereocenters. The quantitative estimate of drug-likeness (QED) is 0.490. The molecule has 0 heterocycles. The lowest BCUT2D eigenvalue weighted by Crippen LogP contribution is -2.48. The fraction of sp³-hybridized carbons (Fsp3) is 0.462. The van der Waals surface area contributed by atoms with Crippen LogP contribution in [0.3, 0.4) is 0 Å². The highest BCUT2D eigenvalue weighted by Crippen LogP contribution is 2.49. The Hall–Kier alpha value is -2.82. The second-order valence-electron chi connectivity index (χ2n) is 8.27. The maximum absolute atomic E-state index is 13.3.